The minimum absolute atomic E-state index is 0.203. The number of aliphatic carboxylic acids is 1. The summed E-state index contributed by atoms with van der Waals surface area (Å²) in [6, 6.07) is 0. The molecule has 1 heterocycles. The first kappa shape index (κ1) is 11.0. The fraction of sp³-hybridized carbons (Fsp3) is 0.444. The Morgan fingerprint density at radius 1 is 1.64 bits per heavy atom. The van der Waals surface area contributed by atoms with E-state index in [9.17, 15) is 4.79 Å². The number of carbonyl (C=O) groups is 1. The summed E-state index contributed by atoms with van der Waals surface area (Å²) in [6.07, 6.45) is 5.78. The summed E-state index contributed by atoms with van der Waals surface area (Å²) in [5.74, 6) is -0.753. The minimum Gasteiger partial charge on any atom is -0.481 e. The van der Waals surface area contributed by atoms with Gasteiger partial charge in [0, 0.05) is 24.1 Å². The number of carboxylic acid groups (broad SMARTS) is 1. The molecule has 1 unspecified atom stereocenters. The van der Waals surface area contributed by atoms with Crippen LogP contribution in [0.15, 0.2) is 23.6 Å². The predicted octanol–water partition coefficient (Wildman–Crippen LogP) is 1.82. The molecule has 14 heavy (non-hydrogen) atoms. The zero-order valence-corrected chi connectivity index (χ0v) is 8.70. The summed E-state index contributed by atoms with van der Waals surface area (Å²) in [5.41, 5.74) is 0. The Morgan fingerprint density at radius 3 is 3.00 bits per heavy atom. The second-order valence-corrected chi connectivity index (χ2v) is 4.36. The predicted molar refractivity (Wildman–Crippen MR) is 54.2 cm³/mol. The zero-order valence-electron chi connectivity index (χ0n) is 7.88. The van der Waals surface area contributed by atoms with Crippen molar-refractivity contribution >= 4 is 17.7 Å². The van der Waals surface area contributed by atoms with Crippen LogP contribution in [0.1, 0.15) is 19.8 Å². The van der Waals surface area contributed by atoms with Crippen LogP contribution in [0.25, 0.3) is 0 Å². The van der Waals surface area contributed by atoms with E-state index in [0.717, 1.165) is 5.03 Å². The van der Waals surface area contributed by atoms with Crippen LogP contribution in [0.4, 0.5) is 0 Å². The lowest BCUT2D eigenvalue weighted by atomic mass is 10.2. The summed E-state index contributed by atoms with van der Waals surface area (Å²) in [5, 5.41) is 9.58. The number of hydrogen-bond donors (Lipinski definition) is 1. The first-order chi connectivity index (χ1) is 6.68. The van der Waals surface area contributed by atoms with Gasteiger partial charge in [0.25, 0.3) is 0 Å². The highest BCUT2D eigenvalue weighted by Crippen LogP contribution is 2.22. The van der Waals surface area contributed by atoms with Gasteiger partial charge >= 0.3 is 5.97 Å². The minimum atomic E-state index is -0.753. The maximum atomic E-state index is 10.3. The number of rotatable bonds is 5. The zero-order chi connectivity index (χ0) is 10.4. The van der Waals surface area contributed by atoms with Crippen LogP contribution in [-0.2, 0) is 4.79 Å². The highest BCUT2D eigenvalue weighted by molar-refractivity contribution is 7.99. The first-order valence-corrected chi connectivity index (χ1v) is 5.21. The van der Waals surface area contributed by atoms with Crippen molar-refractivity contribution in [2.45, 2.75) is 30.0 Å². The van der Waals surface area contributed by atoms with E-state index in [1.54, 1.807) is 30.4 Å². The van der Waals surface area contributed by atoms with Crippen molar-refractivity contribution in [2.24, 2.45) is 0 Å². The van der Waals surface area contributed by atoms with Crippen LogP contribution < -0.4 is 0 Å². The highest BCUT2D eigenvalue weighted by atomic mass is 32.2. The van der Waals surface area contributed by atoms with Gasteiger partial charge in [-0.2, -0.15) is 0 Å². The Kier molecular flexibility index (Phi) is 4.39. The molecule has 0 aliphatic heterocycles. The number of hydrogen-bond acceptors (Lipinski definition) is 4. The average molecular weight is 212 g/mol. The second-order valence-electron chi connectivity index (χ2n) is 2.90. The van der Waals surface area contributed by atoms with Crippen LogP contribution in [0.5, 0.6) is 0 Å². The van der Waals surface area contributed by atoms with Crippen molar-refractivity contribution in [3.8, 4) is 0 Å². The lowest BCUT2D eigenvalue weighted by Gasteiger charge is -2.07. The van der Waals surface area contributed by atoms with E-state index < -0.39 is 5.97 Å². The third-order valence-electron chi connectivity index (χ3n) is 1.63. The summed E-state index contributed by atoms with van der Waals surface area (Å²) >= 11 is 1.55. The van der Waals surface area contributed by atoms with Crippen molar-refractivity contribution in [3.63, 3.8) is 0 Å². The molecule has 1 rings (SSSR count). The first-order valence-electron chi connectivity index (χ1n) is 4.33. The van der Waals surface area contributed by atoms with E-state index in [4.69, 9.17) is 5.11 Å². The molecular weight excluding hydrogens is 200 g/mol. The summed E-state index contributed by atoms with van der Waals surface area (Å²) in [6.45, 7) is 1.99. The van der Waals surface area contributed by atoms with Gasteiger partial charge in [-0.1, -0.05) is 6.92 Å². The molecule has 0 fully saturated rings. The molecule has 1 atom stereocenters. The molecule has 0 saturated carbocycles. The molecule has 0 aromatic carbocycles. The largest absolute Gasteiger partial charge is 0.481 e. The van der Waals surface area contributed by atoms with Gasteiger partial charge in [0.1, 0.15) is 5.03 Å². The molecule has 0 bridgehead atoms. The van der Waals surface area contributed by atoms with Gasteiger partial charge in [0.2, 0.25) is 0 Å². The van der Waals surface area contributed by atoms with Crippen molar-refractivity contribution in [1.82, 2.24) is 9.97 Å². The third kappa shape index (κ3) is 4.23. The van der Waals surface area contributed by atoms with Crippen LogP contribution in [0, 0.1) is 0 Å². The fourth-order valence-corrected chi connectivity index (χ4v) is 1.83. The highest BCUT2D eigenvalue weighted by Gasteiger charge is 2.07. The Hall–Kier alpha value is -1.10. The number of thioether (sulfide) groups is 1. The van der Waals surface area contributed by atoms with E-state index in [0.29, 0.717) is 6.42 Å². The molecule has 76 valence electrons. The maximum Gasteiger partial charge on any atom is 0.303 e. The lowest BCUT2D eigenvalue weighted by molar-refractivity contribution is -0.137. The van der Waals surface area contributed by atoms with E-state index in [1.807, 2.05) is 6.92 Å². The molecule has 0 amide bonds. The topological polar surface area (TPSA) is 63.1 Å². The van der Waals surface area contributed by atoms with Gasteiger partial charge in [-0.05, 0) is 6.42 Å². The van der Waals surface area contributed by atoms with Crippen molar-refractivity contribution in [2.75, 3.05) is 0 Å². The van der Waals surface area contributed by atoms with Gasteiger partial charge in [0.05, 0.1) is 6.20 Å². The van der Waals surface area contributed by atoms with Crippen molar-refractivity contribution in [3.05, 3.63) is 18.6 Å². The molecule has 0 spiro atoms. The third-order valence-corrected chi connectivity index (χ3v) is 2.72. The molecule has 0 aliphatic carbocycles. The second kappa shape index (κ2) is 5.59. The van der Waals surface area contributed by atoms with Crippen LogP contribution in [0.2, 0.25) is 0 Å². The van der Waals surface area contributed by atoms with Gasteiger partial charge in [0.15, 0.2) is 0 Å². The van der Waals surface area contributed by atoms with Crippen molar-refractivity contribution < 1.29 is 9.90 Å². The normalized spacial score (nSPS) is 12.4. The van der Waals surface area contributed by atoms with E-state index in [2.05, 4.69) is 9.97 Å². The van der Waals surface area contributed by atoms with Crippen molar-refractivity contribution in [1.29, 1.82) is 0 Å². The Morgan fingerprint density at radius 2 is 2.43 bits per heavy atom. The lowest BCUT2D eigenvalue weighted by Crippen LogP contribution is -2.02. The molecular formula is C9H12N2O2S. The van der Waals surface area contributed by atoms with Crippen LogP contribution in [0.3, 0.4) is 0 Å². The molecule has 5 heteroatoms. The monoisotopic (exact) mass is 212 g/mol. The number of nitrogens with zero attached hydrogens (tertiary/aromatic N) is 2. The quantitative estimate of drug-likeness (QED) is 0.754. The Bertz CT molecular complexity index is 292. The van der Waals surface area contributed by atoms with Crippen LogP contribution >= 0.6 is 11.8 Å². The Balaban J connectivity index is 2.34. The molecule has 1 aromatic heterocycles. The fourth-order valence-electron chi connectivity index (χ4n) is 0.938. The molecule has 0 saturated heterocycles. The van der Waals surface area contributed by atoms with Gasteiger partial charge in [-0.25, -0.2) is 4.98 Å². The SMILES string of the molecule is CC(CCC(=O)O)Sc1cnccn1. The summed E-state index contributed by atoms with van der Waals surface area (Å²) in [7, 11) is 0. The summed E-state index contributed by atoms with van der Waals surface area (Å²) in [4.78, 5) is 18.4. The molecule has 1 N–H and O–H groups in total. The maximum absolute atomic E-state index is 10.3. The summed E-state index contributed by atoms with van der Waals surface area (Å²) < 4.78 is 0. The smallest absolute Gasteiger partial charge is 0.303 e. The van der Waals surface area contributed by atoms with E-state index in [1.165, 1.54) is 0 Å². The van der Waals surface area contributed by atoms with E-state index in [-0.39, 0.29) is 11.7 Å². The van der Waals surface area contributed by atoms with E-state index >= 15 is 0 Å². The molecule has 1 aromatic rings. The number of carboxylic acids is 1. The molecule has 0 aliphatic rings. The van der Waals surface area contributed by atoms with Gasteiger partial charge in [-0.15, -0.1) is 11.8 Å². The van der Waals surface area contributed by atoms with Crippen LogP contribution in [-0.4, -0.2) is 26.3 Å². The van der Waals surface area contributed by atoms with Gasteiger partial charge < -0.3 is 5.11 Å². The molecule has 4 nitrogen and oxygen atoms in total. The standard InChI is InChI=1S/C9H12N2O2S/c1-7(2-3-9(12)13)14-8-6-10-4-5-11-8/h4-7H,2-3H2,1H3,(H,12,13). The Labute approximate surface area is 86.8 Å². The number of aromatic nitrogens is 2. The van der Waals surface area contributed by atoms with Gasteiger partial charge in [-0.3, -0.25) is 9.78 Å². The average Bonchev–Trinajstić information content (AvgIpc) is 2.16. The molecule has 0 radical (unpaired) electrons.